The number of rotatable bonds is 6. The van der Waals surface area contributed by atoms with E-state index < -0.39 is 28.2 Å². The summed E-state index contributed by atoms with van der Waals surface area (Å²) in [6.07, 6.45) is 5.26. The summed E-state index contributed by atoms with van der Waals surface area (Å²) in [6, 6.07) is 6.19. The fourth-order valence-electron chi connectivity index (χ4n) is 3.72. The van der Waals surface area contributed by atoms with Crippen LogP contribution in [0.1, 0.15) is 23.8 Å². The number of pyridine rings is 2. The largest absolute Gasteiger partial charge is 0.363 e. The van der Waals surface area contributed by atoms with Crippen molar-refractivity contribution in [2.45, 2.75) is 25.6 Å². The number of hydrogen-bond donors (Lipinski definition) is 3. The SMILES string of the molecule is CC1=CC=C(C(=O)Nc2cccnc2C(=O)Nc2ccc(Cl)cn2)C(OC2CCNC2)C1=S(=O)=O. The van der Waals surface area contributed by atoms with Crippen molar-refractivity contribution < 1.29 is 22.7 Å². The molecule has 4 rings (SSSR count). The van der Waals surface area contributed by atoms with Crippen LogP contribution in [0.15, 0.2) is 60.0 Å². The number of carbonyl (C=O) groups excluding carboxylic acids is 2. The molecule has 0 spiro atoms. The van der Waals surface area contributed by atoms with Crippen molar-refractivity contribution in [1.29, 1.82) is 0 Å². The van der Waals surface area contributed by atoms with E-state index >= 15 is 0 Å². The number of amides is 2. The first-order valence-corrected chi connectivity index (χ1v) is 12.2. The number of allylic oxidation sites excluding steroid dienone is 2. The maximum atomic E-state index is 13.3. The minimum atomic E-state index is -2.59. The molecular formula is C23H22ClN5O5S. The van der Waals surface area contributed by atoms with Crippen LogP contribution >= 0.6 is 11.6 Å². The van der Waals surface area contributed by atoms with Crippen LogP contribution in [-0.2, 0) is 19.8 Å². The second-order valence-corrected chi connectivity index (χ2v) is 9.22. The lowest BCUT2D eigenvalue weighted by atomic mass is 9.95. The minimum absolute atomic E-state index is 0.00233. The highest BCUT2D eigenvalue weighted by Gasteiger charge is 2.34. The summed E-state index contributed by atoms with van der Waals surface area (Å²) in [6.45, 7) is 2.94. The van der Waals surface area contributed by atoms with Crippen molar-refractivity contribution in [1.82, 2.24) is 15.3 Å². The molecule has 0 saturated carbocycles. The molecule has 1 saturated heterocycles. The van der Waals surface area contributed by atoms with E-state index in [2.05, 4.69) is 25.9 Å². The monoisotopic (exact) mass is 515 g/mol. The van der Waals surface area contributed by atoms with Gasteiger partial charge in [0.25, 0.3) is 11.8 Å². The summed E-state index contributed by atoms with van der Waals surface area (Å²) >= 11 is 5.83. The molecule has 0 radical (unpaired) electrons. The molecule has 35 heavy (non-hydrogen) atoms. The Morgan fingerprint density at radius 3 is 2.66 bits per heavy atom. The Bertz CT molecular complexity index is 1340. The van der Waals surface area contributed by atoms with E-state index in [1.54, 1.807) is 25.1 Å². The van der Waals surface area contributed by atoms with Crippen LogP contribution in [0.4, 0.5) is 11.5 Å². The van der Waals surface area contributed by atoms with E-state index in [0.717, 1.165) is 6.54 Å². The molecule has 2 aromatic rings. The number of anilines is 2. The van der Waals surface area contributed by atoms with Gasteiger partial charge >= 0.3 is 0 Å². The molecule has 12 heteroatoms. The van der Waals surface area contributed by atoms with E-state index in [1.807, 2.05) is 0 Å². The van der Waals surface area contributed by atoms with Crippen LogP contribution in [-0.4, -0.2) is 60.4 Å². The van der Waals surface area contributed by atoms with E-state index in [0.29, 0.717) is 23.6 Å². The van der Waals surface area contributed by atoms with E-state index in [-0.39, 0.29) is 33.7 Å². The maximum absolute atomic E-state index is 13.3. The second kappa shape index (κ2) is 10.9. The number of halogens is 1. The molecule has 2 aromatic heterocycles. The zero-order valence-electron chi connectivity index (χ0n) is 18.6. The van der Waals surface area contributed by atoms with Gasteiger partial charge in [-0.1, -0.05) is 23.8 Å². The second-order valence-electron chi connectivity index (χ2n) is 7.87. The molecule has 0 bridgehead atoms. The Labute approximate surface area is 208 Å². The molecule has 3 heterocycles. The Morgan fingerprint density at radius 2 is 1.97 bits per heavy atom. The van der Waals surface area contributed by atoms with Crippen molar-refractivity contribution in [3.63, 3.8) is 0 Å². The first kappa shape index (κ1) is 24.7. The van der Waals surface area contributed by atoms with Gasteiger partial charge in [0, 0.05) is 18.9 Å². The van der Waals surface area contributed by atoms with Gasteiger partial charge in [0.05, 0.1) is 22.4 Å². The number of nitrogens with zero attached hydrogens (tertiary/aromatic N) is 2. The molecule has 1 aliphatic heterocycles. The van der Waals surface area contributed by atoms with Gasteiger partial charge in [-0.25, -0.2) is 9.97 Å². The molecule has 2 atom stereocenters. The summed E-state index contributed by atoms with van der Waals surface area (Å²) in [7, 11) is -2.59. The predicted molar refractivity (Wildman–Crippen MR) is 132 cm³/mol. The van der Waals surface area contributed by atoms with Crippen molar-refractivity contribution in [3.8, 4) is 0 Å². The van der Waals surface area contributed by atoms with E-state index in [1.165, 1.54) is 30.6 Å². The smallest absolute Gasteiger partial charge is 0.277 e. The topological polar surface area (TPSA) is 139 Å². The average Bonchev–Trinajstić information content (AvgIpc) is 3.34. The van der Waals surface area contributed by atoms with Crippen LogP contribution in [0.5, 0.6) is 0 Å². The van der Waals surface area contributed by atoms with Gasteiger partial charge in [0.2, 0.25) is 10.3 Å². The average molecular weight is 516 g/mol. The molecule has 182 valence electrons. The molecule has 2 aliphatic rings. The summed E-state index contributed by atoms with van der Waals surface area (Å²) in [5.41, 5.74) is 0.691. The summed E-state index contributed by atoms with van der Waals surface area (Å²) in [4.78, 5) is 34.2. The van der Waals surface area contributed by atoms with Gasteiger partial charge in [-0.2, -0.15) is 8.42 Å². The number of hydrogen-bond acceptors (Lipinski definition) is 8. The maximum Gasteiger partial charge on any atom is 0.277 e. The normalized spacial score (nSPS) is 19.5. The van der Waals surface area contributed by atoms with E-state index in [4.69, 9.17) is 16.3 Å². The van der Waals surface area contributed by atoms with Crippen molar-refractivity contribution in [3.05, 3.63) is 70.7 Å². The van der Waals surface area contributed by atoms with Crippen molar-refractivity contribution >= 4 is 50.1 Å². The fraction of sp³-hybridized carbons (Fsp3) is 0.261. The zero-order valence-corrected chi connectivity index (χ0v) is 20.2. The first-order chi connectivity index (χ1) is 16.8. The third-order valence-corrected chi connectivity index (χ3v) is 6.57. The zero-order chi connectivity index (χ0) is 24.9. The first-order valence-electron chi connectivity index (χ1n) is 10.7. The number of nitrogens with one attached hydrogen (secondary N) is 3. The van der Waals surface area contributed by atoms with Crippen molar-refractivity contribution in [2.75, 3.05) is 23.7 Å². The summed E-state index contributed by atoms with van der Waals surface area (Å²) < 4.78 is 30.1. The van der Waals surface area contributed by atoms with Gasteiger partial charge in [0.15, 0.2) is 5.69 Å². The Hall–Kier alpha value is -3.38. The van der Waals surface area contributed by atoms with Crippen molar-refractivity contribution in [2.24, 2.45) is 0 Å². The standard InChI is InChI=1S/C23H22ClN5O5S/c1-13-4-6-16(20(21(13)35(32)33)34-15-8-10-25-12-15)22(30)28-17-3-2-9-26-19(17)23(31)29-18-7-5-14(24)11-27-18/h2-7,9,11,15,20,25H,8,10,12H2,1H3,(H,28,30)(H,27,29,31). The van der Waals surface area contributed by atoms with Gasteiger partial charge in [-0.05, 0) is 49.7 Å². The molecule has 1 aliphatic carbocycles. The Balaban J connectivity index is 1.59. The highest BCUT2D eigenvalue weighted by atomic mass is 35.5. The van der Waals surface area contributed by atoms with Crippen LogP contribution in [0, 0.1) is 0 Å². The van der Waals surface area contributed by atoms with Crippen LogP contribution in [0.2, 0.25) is 5.02 Å². The molecule has 2 amide bonds. The highest BCUT2D eigenvalue weighted by Crippen LogP contribution is 2.25. The Kier molecular flexibility index (Phi) is 7.71. The summed E-state index contributed by atoms with van der Waals surface area (Å²) in [5, 5.41) is 8.85. The number of ether oxygens (including phenoxy) is 1. The summed E-state index contributed by atoms with van der Waals surface area (Å²) in [5.74, 6) is -0.949. The Morgan fingerprint density at radius 1 is 1.14 bits per heavy atom. The predicted octanol–water partition coefficient (Wildman–Crippen LogP) is 2.01. The van der Waals surface area contributed by atoms with Gasteiger partial charge in [0.1, 0.15) is 16.8 Å². The van der Waals surface area contributed by atoms with E-state index in [9.17, 15) is 18.0 Å². The third-order valence-electron chi connectivity index (χ3n) is 5.45. The molecule has 3 N–H and O–H groups in total. The molecular weight excluding hydrogens is 494 g/mol. The fourth-order valence-corrected chi connectivity index (χ4v) is 4.52. The van der Waals surface area contributed by atoms with Crippen LogP contribution in [0.25, 0.3) is 0 Å². The van der Waals surface area contributed by atoms with Crippen LogP contribution < -0.4 is 16.0 Å². The third kappa shape index (κ3) is 5.82. The highest BCUT2D eigenvalue weighted by molar-refractivity contribution is 7.73. The van der Waals surface area contributed by atoms with Crippen LogP contribution in [0.3, 0.4) is 0 Å². The number of aromatic nitrogens is 2. The molecule has 2 unspecified atom stereocenters. The number of carbonyl (C=O) groups is 2. The van der Waals surface area contributed by atoms with Gasteiger partial charge < -0.3 is 20.7 Å². The quantitative estimate of drug-likeness (QED) is 0.496. The lowest BCUT2D eigenvalue weighted by Crippen LogP contribution is -2.39. The lowest BCUT2D eigenvalue weighted by Gasteiger charge is -2.27. The lowest BCUT2D eigenvalue weighted by molar-refractivity contribution is -0.114. The molecule has 1 fully saturated rings. The van der Waals surface area contributed by atoms with Gasteiger partial charge in [-0.15, -0.1) is 0 Å². The molecule has 10 nitrogen and oxygen atoms in total. The molecule has 0 aromatic carbocycles. The minimum Gasteiger partial charge on any atom is -0.363 e. The van der Waals surface area contributed by atoms with Gasteiger partial charge in [-0.3, -0.25) is 9.59 Å².